The molecule has 0 radical (unpaired) electrons. The second-order valence-electron chi connectivity index (χ2n) is 4.51. The number of hydrogen-bond donors (Lipinski definition) is 3. The SMILES string of the molecule is O=C(CCNc1ccc([N+](=O)[O-])cn1)NCCc1cnc[nH]1. The molecule has 1 amide bonds. The number of H-pyrrole nitrogens is 1. The molecule has 3 N–H and O–H groups in total. The highest BCUT2D eigenvalue weighted by Gasteiger charge is 2.05. The first-order valence-corrected chi connectivity index (χ1v) is 6.73. The van der Waals surface area contributed by atoms with Crippen LogP contribution in [0.3, 0.4) is 0 Å². The fourth-order valence-electron chi connectivity index (χ4n) is 1.75. The van der Waals surface area contributed by atoms with Gasteiger partial charge in [-0.15, -0.1) is 0 Å². The lowest BCUT2D eigenvalue weighted by Gasteiger charge is -2.06. The van der Waals surface area contributed by atoms with E-state index in [1.165, 1.54) is 18.3 Å². The van der Waals surface area contributed by atoms with E-state index >= 15 is 0 Å². The van der Waals surface area contributed by atoms with Crippen molar-refractivity contribution in [1.82, 2.24) is 20.3 Å². The summed E-state index contributed by atoms with van der Waals surface area (Å²) in [5.41, 5.74) is 0.899. The van der Waals surface area contributed by atoms with Gasteiger partial charge in [-0.25, -0.2) is 9.97 Å². The molecule has 0 aromatic carbocycles. The molecule has 22 heavy (non-hydrogen) atoms. The molecule has 0 spiro atoms. The molecule has 9 heteroatoms. The second kappa shape index (κ2) is 7.72. The standard InChI is InChI=1S/C13H16N6O3/c20-13(16-5-3-10-7-14-9-18-10)4-6-15-12-2-1-11(8-17-12)19(21)22/h1-2,7-9H,3-6H2,(H,14,18)(H,15,17)(H,16,20). The van der Waals surface area contributed by atoms with Gasteiger partial charge in [0.2, 0.25) is 5.91 Å². The van der Waals surface area contributed by atoms with Crippen LogP contribution in [0.2, 0.25) is 0 Å². The number of carbonyl (C=O) groups excluding carboxylic acids is 1. The number of nitro groups is 1. The van der Waals surface area contributed by atoms with E-state index in [-0.39, 0.29) is 11.6 Å². The van der Waals surface area contributed by atoms with Crippen LogP contribution < -0.4 is 10.6 Å². The first kappa shape index (κ1) is 15.4. The van der Waals surface area contributed by atoms with Gasteiger partial charge in [-0.2, -0.15) is 0 Å². The van der Waals surface area contributed by atoms with Crippen LogP contribution in [0.25, 0.3) is 0 Å². The van der Waals surface area contributed by atoms with E-state index in [0.29, 0.717) is 31.7 Å². The Morgan fingerprint density at radius 3 is 2.82 bits per heavy atom. The smallest absolute Gasteiger partial charge is 0.287 e. The molecule has 0 aliphatic rings. The summed E-state index contributed by atoms with van der Waals surface area (Å²) in [6, 6.07) is 2.87. The molecule has 9 nitrogen and oxygen atoms in total. The first-order chi connectivity index (χ1) is 10.6. The number of amides is 1. The number of aromatic amines is 1. The fourth-order valence-corrected chi connectivity index (χ4v) is 1.75. The Hall–Kier alpha value is -2.97. The minimum atomic E-state index is -0.510. The first-order valence-electron chi connectivity index (χ1n) is 6.73. The highest BCUT2D eigenvalue weighted by atomic mass is 16.6. The third kappa shape index (κ3) is 4.85. The molecule has 2 aromatic heterocycles. The molecule has 2 heterocycles. The summed E-state index contributed by atoms with van der Waals surface area (Å²) < 4.78 is 0. The summed E-state index contributed by atoms with van der Waals surface area (Å²) >= 11 is 0. The molecular weight excluding hydrogens is 288 g/mol. The van der Waals surface area contributed by atoms with Gasteiger partial charge in [-0.1, -0.05) is 0 Å². The zero-order chi connectivity index (χ0) is 15.8. The number of pyridine rings is 1. The summed E-state index contributed by atoms with van der Waals surface area (Å²) in [6.45, 7) is 0.942. The maximum absolute atomic E-state index is 11.6. The Morgan fingerprint density at radius 1 is 1.32 bits per heavy atom. The van der Waals surface area contributed by atoms with E-state index < -0.39 is 4.92 Å². The highest BCUT2D eigenvalue weighted by Crippen LogP contribution is 2.11. The van der Waals surface area contributed by atoms with E-state index in [2.05, 4.69) is 25.6 Å². The molecular formula is C13H16N6O3. The molecule has 2 rings (SSSR count). The minimum Gasteiger partial charge on any atom is -0.370 e. The Labute approximate surface area is 126 Å². The number of anilines is 1. The maximum atomic E-state index is 11.6. The van der Waals surface area contributed by atoms with Gasteiger partial charge in [-0.3, -0.25) is 14.9 Å². The van der Waals surface area contributed by atoms with Crippen molar-refractivity contribution in [2.45, 2.75) is 12.8 Å². The number of rotatable bonds is 8. The molecule has 0 fully saturated rings. The van der Waals surface area contributed by atoms with Gasteiger partial charge >= 0.3 is 0 Å². The van der Waals surface area contributed by atoms with Crippen LogP contribution in [-0.4, -0.2) is 38.9 Å². The van der Waals surface area contributed by atoms with Crippen LogP contribution in [0.4, 0.5) is 11.5 Å². The van der Waals surface area contributed by atoms with E-state index in [4.69, 9.17) is 0 Å². The highest BCUT2D eigenvalue weighted by molar-refractivity contribution is 5.76. The van der Waals surface area contributed by atoms with Crippen LogP contribution in [0.5, 0.6) is 0 Å². The van der Waals surface area contributed by atoms with Crippen molar-refractivity contribution >= 4 is 17.4 Å². The molecule has 0 saturated carbocycles. The van der Waals surface area contributed by atoms with Gasteiger partial charge in [-0.05, 0) is 6.07 Å². The molecule has 2 aromatic rings. The predicted octanol–water partition coefficient (Wildman–Crippen LogP) is 0.874. The number of nitrogens with zero attached hydrogens (tertiary/aromatic N) is 3. The monoisotopic (exact) mass is 304 g/mol. The van der Waals surface area contributed by atoms with Gasteiger partial charge in [0, 0.05) is 43.9 Å². The third-order valence-electron chi connectivity index (χ3n) is 2.89. The quantitative estimate of drug-likeness (QED) is 0.491. The van der Waals surface area contributed by atoms with E-state index in [1.807, 2.05) is 0 Å². The number of carbonyl (C=O) groups is 1. The summed E-state index contributed by atoms with van der Waals surface area (Å²) in [5.74, 6) is 0.421. The Kier molecular flexibility index (Phi) is 5.41. The predicted molar refractivity (Wildman–Crippen MR) is 79.3 cm³/mol. The van der Waals surface area contributed by atoms with Gasteiger partial charge in [0.15, 0.2) is 0 Å². The normalized spacial score (nSPS) is 10.2. The van der Waals surface area contributed by atoms with Crippen LogP contribution in [-0.2, 0) is 11.2 Å². The molecule has 0 aliphatic heterocycles. The van der Waals surface area contributed by atoms with Crippen molar-refractivity contribution in [3.05, 3.63) is 46.7 Å². The van der Waals surface area contributed by atoms with Crippen LogP contribution >= 0.6 is 0 Å². The minimum absolute atomic E-state index is 0.0675. The van der Waals surface area contributed by atoms with Crippen molar-refractivity contribution in [2.24, 2.45) is 0 Å². The van der Waals surface area contributed by atoms with E-state index in [9.17, 15) is 14.9 Å². The lowest BCUT2D eigenvalue weighted by atomic mass is 10.3. The van der Waals surface area contributed by atoms with Crippen molar-refractivity contribution in [3.8, 4) is 0 Å². The lowest BCUT2D eigenvalue weighted by Crippen LogP contribution is -2.27. The number of imidazole rings is 1. The summed E-state index contributed by atoms with van der Waals surface area (Å²) in [6.07, 6.45) is 5.48. The average molecular weight is 304 g/mol. The molecule has 0 unspecified atom stereocenters. The fraction of sp³-hybridized carbons (Fsp3) is 0.308. The van der Waals surface area contributed by atoms with Crippen molar-refractivity contribution in [2.75, 3.05) is 18.4 Å². The van der Waals surface area contributed by atoms with Gasteiger partial charge in [0.25, 0.3) is 5.69 Å². The van der Waals surface area contributed by atoms with Crippen molar-refractivity contribution in [3.63, 3.8) is 0 Å². The molecule has 0 atom stereocenters. The Bertz CT molecular complexity index is 611. The Balaban J connectivity index is 1.63. The van der Waals surface area contributed by atoms with Gasteiger partial charge in [0.05, 0.1) is 11.3 Å². The summed E-state index contributed by atoms with van der Waals surface area (Å²) in [4.78, 5) is 32.3. The van der Waals surface area contributed by atoms with Crippen LogP contribution in [0.15, 0.2) is 30.9 Å². The van der Waals surface area contributed by atoms with E-state index in [1.54, 1.807) is 12.5 Å². The molecule has 0 bridgehead atoms. The average Bonchev–Trinajstić information content (AvgIpc) is 3.01. The lowest BCUT2D eigenvalue weighted by molar-refractivity contribution is -0.385. The zero-order valence-electron chi connectivity index (χ0n) is 11.8. The third-order valence-corrected chi connectivity index (χ3v) is 2.89. The van der Waals surface area contributed by atoms with Crippen molar-refractivity contribution < 1.29 is 9.72 Å². The number of hydrogen-bond acceptors (Lipinski definition) is 6. The maximum Gasteiger partial charge on any atom is 0.287 e. The second-order valence-corrected chi connectivity index (χ2v) is 4.51. The van der Waals surface area contributed by atoms with E-state index in [0.717, 1.165) is 5.69 Å². The van der Waals surface area contributed by atoms with Gasteiger partial charge < -0.3 is 15.6 Å². The largest absolute Gasteiger partial charge is 0.370 e. The van der Waals surface area contributed by atoms with Crippen LogP contribution in [0, 0.1) is 10.1 Å². The number of aromatic nitrogens is 3. The van der Waals surface area contributed by atoms with Crippen LogP contribution in [0.1, 0.15) is 12.1 Å². The summed E-state index contributed by atoms with van der Waals surface area (Å²) in [7, 11) is 0. The van der Waals surface area contributed by atoms with Gasteiger partial charge in [0.1, 0.15) is 12.0 Å². The van der Waals surface area contributed by atoms with Crippen molar-refractivity contribution in [1.29, 1.82) is 0 Å². The molecule has 116 valence electrons. The Morgan fingerprint density at radius 2 is 2.18 bits per heavy atom. The zero-order valence-corrected chi connectivity index (χ0v) is 11.8. The molecule has 0 aliphatic carbocycles. The topological polar surface area (TPSA) is 126 Å². The molecule has 0 saturated heterocycles. The summed E-state index contributed by atoms with van der Waals surface area (Å²) in [5, 5.41) is 16.2. The number of nitrogens with one attached hydrogen (secondary N) is 3.